The number of hydrogen-bond donors (Lipinski definition) is 3. The van der Waals surface area contributed by atoms with Crippen molar-refractivity contribution in [2.45, 2.75) is 13.1 Å². The number of aromatic nitrogens is 2. The van der Waals surface area contributed by atoms with Gasteiger partial charge in [0.25, 0.3) is 5.91 Å². The number of aryl methyl sites for hydroxylation is 1. The number of piperazine rings is 1. The van der Waals surface area contributed by atoms with E-state index in [1.165, 1.54) is 6.07 Å². The maximum Gasteiger partial charge on any atom is 0.490 e. The van der Waals surface area contributed by atoms with Crippen LogP contribution in [0.5, 0.6) is 0 Å². The lowest BCUT2D eigenvalue weighted by atomic mass is 10.1. The third-order valence-corrected chi connectivity index (χ3v) is 5.47. The van der Waals surface area contributed by atoms with Crippen LogP contribution in [0.15, 0.2) is 60.9 Å². The fourth-order valence-electron chi connectivity index (χ4n) is 3.63. The van der Waals surface area contributed by atoms with Crippen LogP contribution in [0.1, 0.15) is 26.3 Å². The normalized spacial score (nSPS) is 13.3. The molecule has 3 aromatic rings. The molecule has 1 aliphatic rings. The van der Waals surface area contributed by atoms with Gasteiger partial charge in [0.2, 0.25) is 5.95 Å². The van der Waals surface area contributed by atoms with Gasteiger partial charge in [0.1, 0.15) is 0 Å². The van der Waals surface area contributed by atoms with E-state index >= 15 is 0 Å². The Hall–Kier alpha value is -4.68. The van der Waals surface area contributed by atoms with Crippen LogP contribution in [0.25, 0.3) is 0 Å². The predicted molar refractivity (Wildman–Crippen MR) is 133 cm³/mol. The first-order valence-electron chi connectivity index (χ1n) is 11.3. The number of hydrogen-bond acceptors (Lipinski definition) is 7. The largest absolute Gasteiger partial charge is 0.490 e. The second-order valence-electron chi connectivity index (χ2n) is 8.19. The molecule has 0 radical (unpaired) electrons. The first-order valence-corrected chi connectivity index (χ1v) is 11.3. The summed E-state index contributed by atoms with van der Waals surface area (Å²) in [6.45, 7) is 4.74. The van der Waals surface area contributed by atoms with Crippen LogP contribution in [0.3, 0.4) is 0 Å². The van der Waals surface area contributed by atoms with Gasteiger partial charge in [0.05, 0.1) is 16.9 Å². The average Bonchev–Trinajstić information content (AvgIpc) is 2.89. The third-order valence-electron chi connectivity index (χ3n) is 5.47. The van der Waals surface area contributed by atoms with Crippen molar-refractivity contribution in [3.05, 3.63) is 77.6 Å². The van der Waals surface area contributed by atoms with Gasteiger partial charge in [-0.15, -0.1) is 0 Å². The topological polar surface area (TPSA) is 136 Å². The minimum atomic E-state index is -5.08. The zero-order valence-electron chi connectivity index (χ0n) is 20.1. The molecule has 1 saturated heterocycles. The van der Waals surface area contributed by atoms with E-state index < -0.39 is 18.1 Å². The fourth-order valence-corrected chi connectivity index (χ4v) is 3.63. The highest BCUT2D eigenvalue weighted by Gasteiger charge is 2.38. The maximum atomic E-state index is 12.8. The van der Waals surface area contributed by atoms with Crippen molar-refractivity contribution in [2.75, 3.05) is 41.3 Å². The molecule has 1 aromatic heterocycles. The van der Waals surface area contributed by atoms with Crippen LogP contribution in [0, 0.1) is 6.92 Å². The number of anilines is 3. The number of halogens is 3. The van der Waals surface area contributed by atoms with E-state index in [0.717, 1.165) is 24.3 Å². The van der Waals surface area contributed by atoms with Crippen LogP contribution in [0.4, 0.5) is 30.5 Å². The van der Waals surface area contributed by atoms with E-state index in [2.05, 4.69) is 25.1 Å². The number of rotatable bonds is 5. The molecule has 4 rings (SSSR count). The van der Waals surface area contributed by atoms with E-state index in [0.29, 0.717) is 30.3 Å². The summed E-state index contributed by atoms with van der Waals surface area (Å²) in [6, 6.07) is 13.9. The lowest BCUT2D eigenvalue weighted by Gasteiger charge is -2.37. The Morgan fingerprint density at radius 3 is 2.03 bits per heavy atom. The molecule has 0 saturated carbocycles. The van der Waals surface area contributed by atoms with Gasteiger partial charge < -0.3 is 25.3 Å². The smallest absolute Gasteiger partial charge is 0.478 e. The summed E-state index contributed by atoms with van der Waals surface area (Å²) in [5.74, 6) is -3.38. The molecule has 0 bridgehead atoms. The van der Waals surface area contributed by atoms with Gasteiger partial charge in [0.15, 0.2) is 0 Å². The van der Waals surface area contributed by atoms with Crippen LogP contribution < -0.4 is 15.1 Å². The van der Waals surface area contributed by atoms with E-state index in [1.54, 1.807) is 42.7 Å². The highest BCUT2D eigenvalue weighted by molar-refractivity contribution is 6.06. The van der Waals surface area contributed by atoms with Gasteiger partial charge in [-0.05, 0) is 43.3 Å². The monoisotopic (exact) mass is 531 g/mol. The zero-order chi connectivity index (χ0) is 27.9. The van der Waals surface area contributed by atoms with E-state index in [-0.39, 0.29) is 11.5 Å². The SMILES string of the molecule is Cc1cccc(C(=O)Nc2cc(C(=O)O)ccc2N2CCN(c3ncccn3)CC2)c1.O=C(O)C(F)(F)F. The van der Waals surface area contributed by atoms with Gasteiger partial charge in [-0.1, -0.05) is 17.7 Å². The second kappa shape index (κ2) is 12.0. The van der Waals surface area contributed by atoms with Crippen molar-refractivity contribution < 1.29 is 37.8 Å². The number of aliphatic carboxylic acids is 1. The highest BCUT2D eigenvalue weighted by Crippen LogP contribution is 2.29. The van der Waals surface area contributed by atoms with Crippen molar-refractivity contribution in [1.82, 2.24) is 9.97 Å². The number of carbonyl (C=O) groups is 3. The molecule has 0 unspecified atom stereocenters. The predicted octanol–water partition coefficient (Wildman–Crippen LogP) is 3.70. The number of amides is 1. The first kappa shape index (κ1) is 27.9. The minimum absolute atomic E-state index is 0.125. The van der Waals surface area contributed by atoms with Crippen molar-refractivity contribution in [2.24, 2.45) is 0 Å². The average molecular weight is 531 g/mol. The van der Waals surface area contributed by atoms with Gasteiger partial charge >= 0.3 is 18.1 Å². The molecule has 2 aromatic carbocycles. The number of carbonyl (C=O) groups excluding carboxylic acids is 1. The van der Waals surface area contributed by atoms with E-state index in [9.17, 15) is 27.9 Å². The van der Waals surface area contributed by atoms with Gasteiger partial charge in [-0.2, -0.15) is 13.2 Å². The van der Waals surface area contributed by atoms with Gasteiger partial charge in [-0.25, -0.2) is 19.6 Å². The molecule has 0 spiro atoms. The Balaban J connectivity index is 0.000000505. The molecule has 10 nitrogen and oxygen atoms in total. The minimum Gasteiger partial charge on any atom is -0.478 e. The van der Waals surface area contributed by atoms with Gasteiger partial charge in [-0.3, -0.25) is 4.79 Å². The summed E-state index contributed by atoms with van der Waals surface area (Å²) >= 11 is 0. The molecule has 0 aliphatic carbocycles. The standard InChI is InChI=1S/C23H23N5O3.C2HF3O2/c1-16-4-2-5-17(14-16)21(29)26-19-15-18(22(30)31)6-7-20(19)27-10-12-28(13-11-27)23-24-8-3-9-25-23;3-2(4,5)1(6)7/h2-9,14-15H,10-13H2,1H3,(H,26,29)(H,30,31);(H,6,7). The number of carboxylic acids is 2. The van der Waals surface area contributed by atoms with Crippen LogP contribution in [-0.4, -0.2) is 70.4 Å². The van der Waals surface area contributed by atoms with Crippen molar-refractivity contribution in [1.29, 1.82) is 0 Å². The number of nitrogens with one attached hydrogen (secondary N) is 1. The molecule has 2 heterocycles. The third kappa shape index (κ3) is 7.41. The highest BCUT2D eigenvalue weighted by atomic mass is 19.4. The van der Waals surface area contributed by atoms with Crippen LogP contribution in [-0.2, 0) is 4.79 Å². The Kier molecular flexibility index (Phi) is 8.84. The molecule has 1 aliphatic heterocycles. The summed E-state index contributed by atoms with van der Waals surface area (Å²) in [4.78, 5) is 46.1. The summed E-state index contributed by atoms with van der Waals surface area (Å²) in [7, 11) is 0. The first-order chi connectivity index (χ1) is 18.0. The van der Waals surface area contributed by atoms with Crippen molar-refractivity contribution in [3.63, 3.8) is 0 Å². The quantitative estimate of drug-likeness (QED) is 0.450. The Morgan fingerprint density at radius 1 is 0.868 bits per heavy atom. The summed E-state index contributed by atoms with van der Waals surface area (Å²) in [5.41, 5.74) is 2.90. The summed E-state index contributed by atoms with van der Waals surface area (Å²) < 4.78 is 31.7. The lowest BCUT2D eigenvalue weighted by Crippen LogP contribution is -2.47. The lowest BCUT2D eigenvalue weighted by molar-refractivity contribution is -0.192. The number of aromatic carboxylic acids is 1. The van der Waals surface area contributed by atoms with E-state index in [4.69, 9.17) is 9.90 Å². The number of alkyl halides is 3. The maximum absolute atomic E-state index is 12.8. The van der Waals surface area contributed by atoms with Crippen LogP contribution >= 0.6 is 0 Å². The number of benzene rings is 2. The Labute approximate surface area is 215 Å². The van der Waals surface area contributed by atoms with Crippen LogP contribution in [0.2, 0.25) is 0 Å². The molecule has 13 heteroatoms. The molecule has 1 amide bonds. The molecule has 3 N–H and O–H groups in total. The Morgan fingerprint density at radius 2 is 1.47 bits per heavy atom. The molecule has 200 valence electrons. The number of carboxylic acid groups (broad SMARTS) is 2. The molecular formula is C25H24F3N5O5. The van der Waals surface area contributed by atoms with Gasteiger partial charge in [0, 0.05) is 44.1 Å². The Bertz CT molecular complexity index is 1300. The van der Waals surface area contributed by atoms with Crippen molar-refractivity contribution in [3.8, 4) is 0 Å². The second-order valence-corrected chi connectivity index (χ2v) is 8.19. The summed E-state index contributed by atoms with van der Waals surface area (Å²) in [5, 5.41) is 19.4. The molecule has 0 atom stereocenters. The molecular weight excluding hydrogens is 507 g/mol. The molecule has 38 heavy (non-hydrogen) atoms. The number of nitrogens with zero attached hydrogens (tertiary/aromatic N) is 4. The van der Waals surface area contributed by atoms with Crippen molar-refractivity contribution >= 4 is 35.2 Å². The zero-order valence-corrected chi connectivity index (χ0v) is 20.1. The van der Waals surface area contributed by atoms with E-state index in [1.807, 2.05) is 19.1 Å². The fraction of sp³-hybridized carbons (Fsp3) is 0.240. The summed E-state index contributed by atoms with van der Waals surface area (Å²) in [6.07, 6.45) is -1.64. The molecule has 1 fully saturated rings.